The number of sulfonamides is 1. The van der Waals surface area contributed by atoms with Gasteiger partial charge in [-0.25, -0.2) is 13.1 Å². The maximum Gasteiger partial charge on any atom is 0.268 e. The summed E-state index contributed by atoms with van der Waals surface area (Å²) in [6, 6.07) is 12.7. The highest BCUT2D eigenvalue weighted by Gasteiger charge is 2.20. The third-order valence-corrected chi connectivity index (χ3v) is 4.26. The Balaban J connectivity index is 2.28. The van der Waals surface area contributed by atoms with Gasteiger partial charge in [-0.3, -0.25) is 4.79 Å². The molecule has 0 unspecified atom stereocenters. The van der Waals surface area contributed by atoms with Gasteiger partial charge in [0.05, 0.1) is 17.6 Å². The van der Waals surface area contributed by atoms with E-state index in [0.29, 0.717) is 5.75 Å². The van der Waals surface area contributed by atoms with Crippen LogP contribution >= 0.6 is 0 Å². The summed E-state index contributed by atoms with van der Waals surface area (Å²) in [5.41, 5.74) is 1.10. The number of ether oxygens (including phenoxy) is 1. The lowest BCUT2D eigenvalue weighted by Crippen LogP contribution is -2.30. The third kappa shape index (κ3) is 3.41. The Bertz CT molecular complexity index is 751. The monoisotopic (exact) mass is 305 g/mol. The minimum Gasteiger partial charge on any atom is -0.496 e. The molecule has 0 aromatic heterocycles. The first kappa shape index (κ1) is 15.1. The largest absolute Gasteiger partial charge is 0.496 e. The van der Waals surface area contributed by atoms with E-state index in [1.807, 2.05) is 11.6 Å². The number of carbonyl (C=O) groups is 1. The van der Waals surface area contributed by atoms with E-state index in [2.05, 4.69) is 0 Å². The average molecular weight is 305 g/mol. The van der Waals surface area contributed by atoms with Gasteiger partial charge in [0.15, 0.2) is 0 Å². The zero-order valence-corrected chi connectivity index (χ0v) is 12.5. The summed E-state index contributed by atoms with van der Waals surface area (Å²) in [4.78, 5) is 12.1. The molecule has 0 atom stereocenters. The zero-order valence-electron chi connectivity index (χ0n) is 11.7. The fourth-order valence-corrected chi connectivity index (χ4v) is 2.75. The van der Waals surface area contributed by atoms with Gasteiger partial charge in [0.25, 0.3) is 15.9 Å². The van der Waals surface area contributed by atoms with Crippen molar-refractivity contribution in [1.82, 2.24) is 4.72 Å². The van der Waals surface area contributed by atoms with Gasteiger partial charge < -0.3 is 4.74 Å². The molecule has 0 fully saturated rings. The summed E-state index contributed by atoms with van der Waals surface area (Å²) in [7, 11) is -2.49. The molecule has 2 aromatic carbocycles. The van der Waals surface area contributed by atoms with Crippen molar-refractivity contribution in [3.8, 4) is 5.75 Å². The fourth-order valence-electron chi connectivity index (χ4n) is 1.79. The molecular formula is C15H15NO4S. The maximum absolute atomic E-state index is 12.2. The smallest absolute Gasteiger partial charge is 0.268 e. The molecule has 5 nitrogen and oxygen atoms in total. The number of rotatable bonds is 4. The van der Waals surface area contributed by atoms with E-state index < -0.39 is 15.9 Å². The lowest BCUT2D eigenvalue weighted by Gasteiger charge is -2.10. The minimum atomic E-state index is -3.90. The SMILES string of the molecule is COc1ccccc1C(=O)NS(=O)(=O)c1ccc(C)cc1. The second-order valence-corrected chi connectivity index (χ2v) is 6.13. The third-order valence-electron chi connectivity index (χ3n) is 2.91. The molecule has 1 N–H and O–H groups in total. The number of hydrogen-bond donors (Lipinski definition) is 1. The van der Waals surface area contributed by atoms with E-state index in [9.17, 15) is 13.2 Å². The van der Waals surface area contributed by atoms with E-state index in [-0.39, 0.29) is 10.5 Å². The first-order chi connectivity index (χ1) is 9.94. The van der Waals surface area contributed by atoms with Crippen molar-refractivity contribution < 1.29 is 17.9 Å². The molecule has 0 saturated heterocycles. The van der Waals surface area contributed by atoms with Crippen molar-refractivity contribution in [3.63, 3.8) is 0 Å². The first-order valence-corrected chi connectivity index (χ1v) is 7.69. The number of hydrogen-bond acceptors (Lipinski definition) is 4. The van der Waals surface area contributed by atoms with E-state index in [1.54, 1.807) is 30.3 Å². The Morgan fingerprint density at radius 1 is 1.05 bits per heavy atom. The van der Waals surface area contributed by atoms with Gasteiger partial charge in [-0.15, -0.1) is 0 Å². The van der Waals surface area contributed by atoms with Gasteiger partial charge in [-0.2, -0.15) is 0 Å². The standard InChI is InChI=1S/C15H15NO4S/c1-11-7-9-12(10-8-11)21(18,19)16-15(17)13-5-3-4-6-14(13)20-2/h3-10H,1-2H3,(H,16,17). The predicted molar refractivity (Wildman–Crippen MR) is 78.8 cm³/mol. The Hall–Kier alpha value is -2.34. The van der Waals surface area contributed by atoms with E-state index >= 15 is 0 Å². The van der Waals surface area contributed by atoms with Crippen molar-refractivity contribution in [2.75, 3.05) is 7.11 Å². The van der Waals surface area contributed by atoms with Crippen LogP contribution in [0, 0.1) is 6.92 Å². The topological polar surface area (TPSA) is 72.5 Å². The molecule has 0 saturated carbocycles. The number of para-hydroxylation sites is 1. The molecule has 0 radical (unpaired) electrons. The van der Waals surface area contributed by atoms with Crippen LogP contribution in [0.3, 0.4) is 0 Å². The maximum atomic E-state index is 12.2. The number of carbonyl (C=O) groups excluding carboxylic acids is 1. The quantitative estimate of drug-likeness (QED) is 0.939. The van der Waals surface area contributed by atoms with Crippen molar-refractivity contribution >= 4 is 15.9 Å². The van der Waals surface area contributed by atoms with Gasteiger partial charge in [-0.05, 0) is 31.2 Å². The van der Waals surface area contributed by atoms with Crippen LogP contribution in [-0.2, 0) is 10.0 Å². The summed E-state index contributed by atoms with van der Waals surface area (Å²) < 4.78 is 31.4. The highest BCUT2D eigenvalue weighted by molar-refractivity contribution is 7.90. The van der Waals surface area contributed by atoms with Crippen LogP contribution in [0.25, 0.3) is 0 Å². The molecule has 6 heteroatoms. The predicted octanol–water partition coefficient (Wildman–Crippen LogP) is 2.12. The molecule has 21 heavy (non-hydrogen) atoms. The molecule has 0 aliphatic heterocycles. The number of aryl methyl sites for hydroxylation is 1. The Labute approximate surface area is 123 Å². The van der Waals surface area contributed by atoms with Crippen LogP contribution in [0.2, 0.25) is 0 Å². The zero-order chi connectivity index (χ0) is 15.5. The average Bonchev–Trinajstić information content (AvgIpc) is 2.47. The molecule has 110 valence electrons. The Morgan fingerprint density at radius 2 is 1.67 bits per heavy atom. The number of amides is 1. The van der Waals surface area contributed by atoms with Gasteiger partial charge in [0.2, 0.25) is 0 Å². The number of nitrogens with one attached hydrogen (secondary N) is 1. The molecule has 0 bridgehead atoms. The van der Waals surface area contributed by atoms with Crippen LogP contribution in [0.1, 0.15) is 15.9 Å². The summed E-state index contributed by atoms with van der Waals surface area (Å²) in [6.45, 7) is 1.85. The van der Waals surface area contributed by atoms with Crippen molar-refractivity contribution in [3.05, 3.63) is 59.7 Å². The van der Waals surface area contributed by atoms with Crippen molar-refractivity contribution in [2.45, 2.75) is 11.8 Å². The van der Waals surface area contributed by atoms with Crippen LogP contribution in [-0.4, -0.2) is 21.4 Å². The molecular weight excluding hydrogens is 290 g/mol. The highest BCUT2D eigenvalue weighted by atomic mass is 32.2. The molecule has 0 aliphatic carbocycles. The lowest BCUT2D eigenvalue weighted by atomic mass is 10.2. The van der Waals surface area contributed by atoms with Crippen molar-refractivity contribution in [1.29, 1.82) is 0 Å². The van der Waals surface area contributed by atoms with Gasteiger partial charge in [0.1, 0.15) is 5.75 Å². The van der Waals surface area contributed by atoms with Gasteiger partial charge in [-0.1, -0.05) is 29.8 Å². The first-order valence-electron chi connectivity index (χ1n) is 6.21. The van der Waals surface area contributed by atoms with E-state index in [1.165, 1.54) is 25.3 Å². The Kier molecular flexibility index (Phi) is 4.28. The highest BCUT2D eigenvalue weighted by Crippen LogP contribution is 2.18. The van der Waals surface area contributed by atoms with E-state index in [0.717, 1.165) is 5.56 Å². The van der Waals surface area contributed by atoms with Crippen LogP contribution in [0.4, 0.5) is 0 Å². The van der Waals surface area contributed by atoms with Gasteiger partial charge in [0, 0.05) is 0 Å². The summed E-state index contributed by atoms with van der Waals surface area (Å²) in [5, 5.41) is 0. The fraction of sp³-hybridized carbons (Fsp3) is 0.133. The van der Waals surface area contributed by atoms with Crippen LogP contribution in [0.5, 0.6) is 5.75 Å². The van der Waals surface area contributed by atoms with Crippen LogP contribution in [0.15, 0.2) is 53.4 Å². The Morgan fingerprint density at radius 3 is 2.29 bits per heavy atom. The molecule has 0 aliphatic rings. The summed E-state index contributed by atoms with van der Waals surface area (Å²) in [6.07, 6.45) is 0. The summed E-state index contributed by atoms with van der Waals surface area (Å²) in [5.74, 6) is -0.415. The normalized spacial score (nSPS) is 11.0. The molecule has 1 amide bonds. The van der Waals surface area contributed by atoms with Gasteiger partial charge >= 0.3 is 0 Å². The lowest BCUT2D eigenvalue weighted by molar-refractivity contribution is 0.0978. The number of methoxy groups -OCH3 is 1. The van der Waals surface area contributed by atoms with Crippen molar-refractivity contribution in [2.24, 2.45) is 0 Å². The molecule has 0 heterocycles. The number of benzene rings is 2. The molecule has 2 rings (SSSR count). The van der Waals surface area contributed by atoms with Crippen LogP contribution < -0.4 is 9.46 Å². The summed E-state index contributed by atoms with van der Waals surface area (Å²) >= 11 is 0. The molecule has 2 aromatic rings. The second-order valence-electron chi connectivity index (χ2n) is 4.45. The second kappa shape index (κ2) is 5.97. The van der Waals surface area contributed by atoms with E-state index in [4.69, 9.17) is 4.74 Å². The molecule has 0 spiro atoms. The minimum absolute atomic E-state index is 0.0383.